The van der Waals surface area contributed by atoms with Gasteiger partial charge in [0.15, 0.2) is 0 Å². The second kappa shape index (κ2) is 4.97. The van der Waals surface area contributed by atoms with E-state index < -0.39 is 0 Å². The molecule has 1 N–H and O–H groups in total. The molecule has 0 saturated carbocycles. The van der Waals surface area contributed by atoms with E-state index >= 15 is 0 Å². The molecule has 0 heterocycles. The van der Waals surface area contributed by atoms with Gasteiger partial charge in [0.25, 0.3) is 0 Å². The van der Waals surface area contributed by atoms with E-state index in [-0.39, 0.29) is 6.61 Å². The lowest BCUT2D eigenvalue weighted by Crippen LogP contribution is -2.22. The number of aliphatic hydroxyl groups is 1. The third kappa shape index (κ3) is 6.02. The lowest BCUT2D eigenvalue weighted by molar-refractivity contribution is 0.232. The molecule has 0 amide bonds. The van der Waals surface area contributed by atoms with Crippen molar-refractivity contribution in [2.24, 2.45) is 0 Å². The van der Waals surface area contributed by atoms with E-state index in [9.17, 15) is 0 Å². The highest BCUT2D eigenvalue weighted by molar-refractivity contribution is 9.11. The molecule has 0 aromatic heterocycles. The van der Waals surface area contributed by atoms with E-state index in [2.05, 4.69) is 22.5 Å². The van der Waals surface area contributed by atoms with E-state index in [0.717, 1.165) is 11.0 Å². The molecule has 9 heavy (non-hydrogen) atoms. The molecule has 0 fully saturated rings. The van der Waals surface area contributed by atoms with Crippen LogP contribution < -0.4 is 0 Å². The minimum atomic E-state index is 0.205. The van der Waals surface area contributed by atoms with Gasteiger partial charge in [0.05, 0.1) is 6.61 Å². The molecule has 0 aliphatic rings. The van der Waals surface area contributed by atoms with E-state index in [1.807, 2.05) is 11.9 Å². The monoisotopic (exact) mass is 193 g/mol. The van der Waals surface area contributed by atoms with Crippen LogP contribution in [0.2, 0.25) is 0 Å². The summed E-state index contributed by atoms with van der Waals surface area (Å²) in [6, 6.07) is 0. The third-order valence-corrected chi connectivity index (χ3v) is 1.17. The fraction of sp³-hybridized carbons (Fsp3) is 0.667. The number of likely N-dealkylation sites (N-methyl/N-ethyl adjacent to an activating group) is 1. The molecular weight excluding hydrogens is 182 g/mol. The second-order valence-corrected chi connectivity index (χ2v) is 3.10. The summed E-state index contributed by atoms with van der Waals surface area (Å²) >= 11 is 3.23. The zero-order valence-electron chi connectivity index (χ0n) is 5.60. The van der Waals surface area contributed by atoms with Gasteiger partial charge in [-0.25, -0.2) is 0 Å². The Hall–Kier alpha value is 0.140. The summed E-state index contributed by atoms with van der Waals surface area (Å²) < 4.78 is 0.943. The fourth-order valence-electron chi connectivity index (χ4n) is 0.543. The summed E-state index contributed by atoms with van der Waals surface area (Å²) in [5.74, 6) is 0. The Kier molecular flexibility index (Phi) is 5.04. The van der Waals surface area contributed by atoms with Crippen LogP contribution in [0.5, 0.6) is 0 Å². The SMILES string of the molecule is C=C(Br)CN(C)CCO. The predicted octanol–water partition coefficient (Wildman–Crippen LogP) is 0.819. The highest BCUT2D eigenvalue weighted by atomic mass is 79.9. The maximum Gasteiger partial charge on any atom is 0.0558 e. The van der Waals surface area contributed by atoms with Gasteiger partial charge < -0.3 is 5.11 Å². The highest BCUT2D eigenvalue weighted by Gasteiger charge is 1.95. The normalized spacial score (nSPS) is 10.2. The Morgan fingerprint density at radius 1 is 1.78 bits per heavy atom. The molecule has 0 rings (SSSR count). The quantitative estimate of drug-likeness (QED) is 0.716. The van der Waals surface area contributed by atoms with Crippen molar-refractivity contribution in [2.45, 2.75) is 0 Å². The smallest absolute Gasteiger partial charge is 0.0558 e. The van der Waals surface area contributed by atoms with Crippen LogP contribution in [-0.2, 0) is 0 Å². The van der Waals surface area contributed by atoms with Crippen molar-refractivity contribution >= 4 is 15.9 Å². The van der Waals surface area contributed by atoms with E-state index in [0.29, 0.717) is 6.54 Å². The van der Waals surface area contributed by atoms with E-state index in [1.54, 1.807) is 0 Å². The third-order valence-electron chi connectivity index (χ3n) is 0.923. The molecule has 2 nitrogen and oxygen atoms in total. The number of nitrogens with zero attached hydrogens (tertiary/aromatic N) is 1. The van der Waals surface area contributed by atoms with Crippen molar-refractivity contribution in [1.82, 2.24) is 4.90 Å². The number of halogens is 1. The Balaban J connectivity index is 3.26. The summed E-state index contributed by atoms with van der Waals surface area (Å²) in [6.45, 7) is 5.37. The average molecular weight is 194 g/mol. The zero-order valence-corrected chi connectivity index (χ0v) is 7.19. The Morgan fingerprint density at radius 2 is 2.33 bits per heavy atom. The molecule has 0 radical (unpaired) electrons. The van der Waals surface area contributed by atoms with Crippen LogP contribution in [0.15, 0.2) is 11.1 Å². The number of rotatable bonds is 4. The Labute approximate surface area is 64.3 Å². The van der Waals surface area contributed by atoms with Crippen LogP contribution >= 0.6 is 15.9 Å². The molecule has 0 aliphatic carbocycles. The summed E-state index contributed by atoms with van der Waals surface area (Å²) in [7, 11) is 1.93. The minimum Gasteiger partial charge on any atom is -0.395 e. The zero-order chi connectivity index (χ0) is 7.28. The lowest BCUT2D eigenvalue weighted by Gasteiger charge is -2.12. The van der Waals surface area contributed by atoms with Crippen molar-refractivity contribution in [2.75, 3.05) is 26.7 Å². The molecule has 0 bridgehead atoms. The van der Waals surface area contributed by atoms with Crippen LogP contribution in [0.1, 0.15) is 0 Å². The Bertz CT molecular complexity index is 95.1. The van der Waals surface area contributed by atoms with Gasteiger partial charge in [-0.2, -0.15) is 0 Å². The molecule has 0 atom stereocenters. The number of hydrogen-bond acceptors (Lipinski definition) is 2. The van der Waals surface area contributed by atoms with Gasteiger partial charge >= 0.3 is 0 Å². The van der Waals surface area contributed by atoms with Crippen LogP contribution in [-0.4, -0.2) is 36.8 Å². The topological polar surface area (TPSA) is 23.5 Å². The molecular formula is C6H12BrNO. The van der Waals surface area contributed by atoms with Gasteiger partial charge in [-0.05, 0) is 7.05 Å². The van der Waals surface area contributed by atoms with Crippen LogP contribution in [0.4, 0.5) is 0 Å². The van der Waals surface area contributed by atoms with E-state index in [4.69, 9.17) is 5.11 Å². The molecule has 0 spiro atoms. The predicted molar refractivity (Wildman–Crippen MR) is 42.6 cm³/mol. The molecule has 0 unspecified atom stereocenters. The van der Waals surface area contributed by atoms with Crippen molar-refractivity contribution in [3.8, 4) is 0 Å². The van der Waals surface area contributed by atoms with Gasteiger partial charge in [-0.15, -0.1) is 0 Å². The first-order valence-electron chi connectivity index (χ1n) is 2.79. The summed E-state index contributed by atoms with van der Waals surface area (Å²) in [5, 5.41) is 8.46. The van der Waals surface area contributed by atoms with Crippen molar-refractivity contribution < 1.29 is 5.11 Å². The maximum absolute atomic E-state index is 8.46. The lowest BCUT2D eigenvalue weighted by atomic mass is 10.5. The average Bonchev–Trinajstić information content (AvgIpc) is 1.63. The molecule has 0 aromatic rings. The molecule has 0 aromatic carbocycles. The standard InChI is InChI=1S/C6H12BrNO/c1-6(7)5-8(2)3-4-9/h9H,1,3-5H2,2H3. The highest BCUT2D eigenvalue weighted by Crippen LogP contribution is 2.00. The molecule has 3 heteroatoms. The fourth-order valence-corrected chi connectivity index (χ4v) is 0.971. The second-order valence-electron chi connectivity index (χ2n) is 1.98. The van der Waals surface area contributed by atoms with Gasteiger partial charge in [-0.1, -0.05) is 22.5 Å². The largest absolute Gasteiger partial charge is 0.395 e. The summed E-state index contributed by atoms with van der Waals surface area (Å²) in [6.07, 6.45) is 0. The molecule has 0 aliphatic heterocycles. The van der Waals surface area contributed by atoms with Gasteiger partial charge in [-0.3, -0.25) is 4.90 Å². The van der Waals surface area contributed by atoms with Crippen LogP contribution in [0.25, 0.3) is 0 Å². The van der Waals surface area contributed by atoms with Gasteiger partial charge in [0, 0.05) is 17.6 Å². The number of aliphatic hydroxyl groups excluding tert-OH is 1. The minimum absolute atomic E-state index is 0.205. The van der Waals surface area contributed by atoms with Crippen molar-refractivity contribution in [3.05, 3.63) is 11.1 Å². The molecule has 54 valence electrons. The van der Waals surface area contributed by atoms with Crippen molar-refractivity contribution in [1.29, 1.82) is 0 Å². The van der Waals surface area contributed by atoms with Crippen LogP contribution in [0, 0.1) is 0 Å². The van der Waals surface area contributed by atoms with Gasteiger partial charge in [0.2, 0.25) is 0 Å². The summed E-state index contributed by atoms with van der Waals surface area (Å²) in [5.41, 5.74) is 0. The first-order valence-corrected chi connectivity index (χ1v) is 3.58. The number of hydrogen-bond donors (Lipinski definition) is 1. The van der Waals surface area contributed by atoms with E-state index in [1.165, 1.54) is 0 Å². The first-order chi connectivity index (χ1) is 4.16. The van der Waals surface area contributed by atoms with Crippen molar-refractivity contribution in [3.63, 3.8) is 0 Å². The maximum atomic E-state index is 8.46. The Morgan fingerprint density at radius 3 is 2.67 bits per heavy atom. The summed E-state index contributed by atoms with van der Waals surface area (Å²) in [4.78, 5) is 1.98. The van der Waals surface area contributed by atoms with Gasteiger partial charge in [0.1, 0.15) is 0 Å². The molecule has 0 saturated heterocycles. The first kappa shape index (κ1) is 9.14. The van der Waals surface area contributed by atoms with Crippen LogP contribution in [0.3, 0.4) is 0 Å².